The highest BCUT2D eigenvalue weighted by Crippen LogP contribution is 2.27. The van der Waals surface area contributed by atoms with Crippen molar-refractivity contribution >= 4 is 55.1 Å². The Morgan fingerprint density at radius 1 is 1.38 bits per heavy atom. The molecular weight excluding hydrogens is 492 g/mol. The van der Waals surface area contributed by atoms with Crippen LogP contribution in [0.4, 0.5) is 10.1 Å². The highest BCUT2D eigenvalue weighted by Gasteiger charge is 2.21. The van der Waals surface area contributed by atoms with Crippen LogP contribution < -0.4 is 5.32 Å². The Morgan fingerprint density at radius 2 is 2.12 bits per heavy atom. The number of anilines is 1. The molecule has 10 heteroatoms. The van der Waals surface area contributed by atoms with Gasteiger partial charge in [0.2, 0.25) is 0 Å². The van der Waals surface area contributed by atoms with E-state index in [9.17, 15) is 9.18 Å². The zero-order valence-electron chi connectivity index (χ0n) is 13.7. The van der Waals surface area contributed by atoms with Gasteiger partial charge in [0, 0.05) is 10.6 Å². The molecule has 26 heavy (non-hydrogen) atoms. The molecule has 2 N–H and O–H groups in total. The van der Waals surface area contributed by atoms with Crippen molar-refractivity contribution in [2.24, 2.45) is 0 Å². The third-order valence-corrected chi connectivity index (χ3v) is 6.10. The number of amides is 1. The number of benzene rings is 1. The van der Waals surface area contributed by atoms with Crippen LogP contribution in [0.1, 0.15) is 27.4 Å². The largest absolute Gasteiger partial charge is 0.317 e. The predicted octanol–water partition coefficient (Wildman–Crippen LogP) is 4.84. The van der Waals surface area contributed by atoms with Crippen LogP contribution in [0, 0.1) is 19.7 Å². The van der Waals surface area contributed by atoms with Gasteiger partial charge < -0.3 is 5.32 Å². The molecule has 2 heterocycles. The number of aromatic nitrogens is 4. The van der Waals surface area contributed by atoms with Crippen molar-refractivity contribution in [3.05, 3.63) is 60.8 Å². The van der Waals surface area contributed by atoms with E-state index < -0.39 is 11.7 Å². The summed E-state index contributed by atoms with van der Waals surface area (Å²) in [7, 11) is 0. The number of carbonyl (C=O) groups is 1. The molecule has 0 unspecified atom stereocenters. The summed E-state index contributed by atoms with van der Waals surface area (Å²) in [6, 6.07) is 4.53. The summed E-state index contributed by atoms with van der Waals surface area (Å²) in [6.07, 6.45) is 0. The summed E-state index contributed by atoms with van der Waals surface area (Å²) in [4.78, 5) is 12.5. The first-order chi connectivity index (χ1) is 12.3. The molecule has 3 rings (SSSR count). The van der Waals surface area contributed by atoms with Crippen molar-refractivity contribution in [2.45, 2.75) is 20.4 Å². The molecule has 0 bridgehead atoms. The van der Waals surface area contributed by atoms with Crippen LogP contribution in [0.3, 0.4) is 0 Å². The lowest BCUT2D eigenvalue weighted by Crippen LogP contribution is -2.14. The molecule has 0 aliphatic heterocycles. The van der Waals surface area contributed by atoms with Gasteiger partial charge in [-0.1, -0.05) is 17.7 Å². The monoisotopic (exact) mass is 503 g/mol. The lowest BCUT2D eigenvalue weighted by molar-refractivity contribution is 0.102. The van der Waals surface area contributed by atoms with E-state index in [4.69, 9.17) is 11.6 Å². The fourth-order valence-corrected chi connectivity index (χ4v) is 3.35. The summed E-state index contributed by atoms with van der Waals surface area (Å²) < 4.78 is 16.7. The molecule has 0 fully saturated rings. The molecule has 0 spiro atoms. The fraction of sp³-hybridized carbons (Fsp3) is 0.188. The number of carbonyl (C=O) groups excluding carboxylic acids is 1. The number of rotatable bonds is 4. The number of aromatic amines is 1. The summed E-state index contributed by atoms with van der Waals surface area (Å²) in [6.45, 7) is 3.71. The van der Waals surface area contributed by atoms with E-state index >= 15 is 0 Å². The van der Waals surface area contributed by atoms with Crippen molar-refractivity contribution in [3.63, 3.8) is 0 Å². The number of aryl methyl sites for hydroxylation is 1. The molecule has 3 aromatic rings. The Labute approximate surface area is 170 Å². The maximum absolute atomic E-state index is 14.0. The van der Waals surface area contributed by atoms with Crippen LogP contribution in [-0.2, 0) is 6.54 Å². The normalized spacial score (nSPS) is 11.0. The maximum atomic E-state index is 14.0. The molecule has 0 radical (unpaired) electrons. The second-order valence-electron chi connectivity index (χ2n) is 5.56. The van der Waals surface area contributed by atoms with Gasteiger partial charge in [0.1, 0.15) is 10.4 Å². The van der Waals surface area contributed by atoms with E-state index in [1.165, 1.54) is 6.07 Å². The Bertz CT molecular complexity index is 981. The van der Waals surface area contributed by atoms with Crippen LogP contribution >= 0.6 is 43.5 Å². The molecule has 0 aliphatic rings. The second kappa shape index (κ2) is 7.50. The molecule has 0 aliphatic carbocycles. The minimum atomic E-state index is -0.402. The lowest BCUT2D eigenvalue weighted by atomic mass is 10.2. The van der Waals surface area contributed by atoms with E-state index in [2.05, 4.69) is 52.5 Å². The smallest absolute Gasteiger partial charge is 0.277 e. The molecular formula is C16H13Br2ClFN5O. The van der Waals surface area contributed by atoms with E-state index in [1.807, 2.05) is 0 Å². The molecule has 0 saturated carbocycles. The second-order valence-corrected chi connectivity index (χ2v) is 7.55. The van der Waals surface area contributed by atoms with Crippen molar-refractivity contribution in [1.29, 1.82) is 0 Å². The lowest BCUT2D eigenvalue weighted by Gasteiger charge is -2.09. The van der Waals surface area contributed by atoms with E-state index in [0.29, 0.717) is 36.7 Å². The average Bonchev–Trinajstić information content (AvgIpc) is 3.05. The van der Waals surface area contributed by atoms with Crippen LogP contribution in [0.25, 0.3) is 0 Å². The Kier molecular flexibility index (Phi) is 5.50. The minimum absolute atomic E-state index is 0.158. The van der Waals surface area contributed by atoms with Crippen LogP contribution in [0.2, 0.25) is 5.02 Å². The molecule has 0 atom stereocenters. The van der Waals surface area contributed by atoms with Gasteiger partial charge in [0.05, 0.1) is 28.1 Å². The number of hydrogen-bond acceptors (Lipinski definition) is 3. The van der Waals surface area contributed by atoms with E-state index in [0.717, 1.165) is 0 Å². The molecule has 1 amide bonds. The number of hydrogen-bond donors (Lipinski definition) is 2. The standard InChI is InChI=1S/C16H13Br2ClFN5O/c1-7-13(21-16(26)14-12(17)15(18)23-22-14)8(2)25(24-7)6-9-10(19)4-3-5-11(9)20/h3-5H,6H2,1-2H3,(H,21,26)(H,22,23). The van der Waals surface area contributed by atoms with Gasteiger partial charge in [-0.2, -0.15) is 10.2 Å². The van der Waals surface area contributed by atoms with Gasteiger partial charge in [-0.15, -0.1) is 0 Å². The summed E-state index contributed by atoms with van der Waals surface area (Å²) in [5.74, 6) is -0.797. The third kappa shape index (κ3) is 3.56. The van der Waals surface area contributed by atoms with Crippen LogP contribution in [0.15, 0.2) is 27.3 Å². The summed E-state index contributed by atoms with van der Waals surface area (Å²) in [5.41, 5.74) is 2.39. The van der Waals surface area contributed by atoms with Crippen molar-refractivity contribution in [1.82, 2.24) is 20.0 Å². The van der Waals surface area contributed by atoms with Gasteiger partial charge in [0.25, 0.3) is 5.91 Å². The highest BCUT2D eigenvalue weighted by atomic mass is 79.9. The van der Waals surface area contributed by atoms with Crippen LogP contribution in [0.5, 0.6) is 0 Å². The van der Waals surface area contributed by atoms with Crippen molar-refractivity contribution in [2.75, 3.05) is 5.32 Å². The molecule has 1 aromatic carbocycles. The van der Waals surface area contributed by atoms with Gasteiger partial charge in [-0.05, 0) is 57.8 Å². The van der Waals surface area contributed by atoms with Gasteiger partial charge >= 0.3 is 0 Å². The minimum Gasteiger partial charge on any atom is -0.317 e. The summed E-state index contributed by atoms with van der Waals surface area (Å²) >= 11 is 12.6. The van der Waals surface area contributed by atoms with Crippen molar-refractivity contribution < 1.29 is 9.18 Å². The van der Waals surface area contributed by atoms with Crippen molar-refractivity contribution in [3.8, 4) is 0 Å². The summed E-state index contributed by atoms with van der Waals surface area (Å²) in [5, 5.41) is 14.1. The quantitative estimate of drug-likeness (QED) is 0.533. The third-order valence-electron chi connectivity index (χ3n) is 3.87. The average molecular weight is 506 g/mol. The zero-order chi connectivity index (χ0) is 19.0. The number of nitrogens with zero attached hydrogens (tertiary/aromatic N) is 3. The Hall–Kier alpha value is -1.71. The van der Waals surface area contributed by atoms with E-state index in [1.54, 1.807) is 30.7 Å². The first-order valence-electron chi connectivity index (χ1n) is 7.47. The number of halogens is 4. The molecule has 136 valence electrons. The molecule has 2 aromatic heterocycles. The molecule has 6 nitrogen and oxygen atoms in total. The number of H-pyrrole nitrogens is 1. The first-order valence-corrected chi connectivity index (χ1v) is 9.43. The molecule has 0 saturated heterocycles. The Morgan fingerprint density at radius 3 is 2.73 bits per heavy atom. The Balaban J connectivity index is 1.89. The van der Waals surface area contributed by atoms with Crippen LogP contribution in [-0.4, -0.2) is 25.9 Å². The number of nitrogens with one attached hydrogen (secondary N) is 2. The van der Waals surface area contributed by atoms with Gasteiger partial charge in [0.15, 0.2) is 5.69 Å². The van der Waals surface area contributed by atoms with Gasteiger partial charge in [-0.3, -0.25) is 14.6 Å². The first kappa shape index (κ1) is 19.1. The zero-order valence-corrected chi connectivity index (χ0v) is 17.6. The van der Waals surface area contributed by atoms with E-state index in [-0.39, 0.29) is 12.2 Å². The fourth-order valence-electron chi connectivity index (χ4n) is 2.50. The highest BCUT2D eigenvalue weighted by molar-refractivity contribution is 9.13. The maximum Gasteiger partial charge on any atom is 0.277 e. The van der Waals surface area contributed by atoms with Gasteiger partial charge in [-0.25, -0.2) is 4.39 Å². The SMILES string of the molecule is Cc1nn(Cc2c(F)cccc2Cl)c(C)c1NC(=O)c1n[nH]c(Br)c1Br. The predicted molar refractivity (Wildman–Crippen MR) is 104 cm³/mol. The topological polar surface area (TPSA) is 75.6 Å².